The summed E-state index contributed by atoms with van der Waals surface area (Å²) in [5, 5.41) is 13.3. The average molecular weight is 858 g/mol. The van der Waals surface area contributed by atoms with Gasteiger partial charge < -0.3 is 24.8 Å². The quantitative estimate of drug-likeness (QED) is 0.222. The molecule has 0 spiro atoms. The van der Waals surface area contributed by atoms with E-state index in [0.717, 1.165) is 11.1 Å². The number of pyridine rings is 1. The summed E-state index contributed by atoms with van der Waals surface area (Å²) >= 11 is 0. The van der Waals surface area contributed by atoms with E-state index in [1.807, 2.05) is 4.72 Å². The highest BCUT2D eigenvalue weighted by Crippen LogP contribution is 2.48. The van der Waals surface area contributed by atoms with Crippen LogP contribution in [0.5, 0.6) is 11.6 Å². The van der Waals surface area contributed by atoms with Gasteiger partial charge in [0.1, 0.15) is 52.3 Å². The number of nitrogens with zero attached hydrogens (tertiary/aromatic N) is 3. The number of fused-ring (bicyclic) bond motifs is 3. The molecule has 2 aliphatic heterocycles. The first-order chi connectivity index (χ1) is 27.5. The molecule has 0 radical (unpaired) electrons. The first kappa shape index (κ1) is 43.8. The smallest absolute Gasteiger partial charge is 0.411 e. The molecular weight excluding hydrogens is 810 g/mol. The van der Waals surface area contributed by atoms with Crippen molar-refractivity contribution in [3.63, 3.8) is 0 Å². The fourth-order valence-electron chi connectivity index (χ4n) is 8.28. The largest absolute Gasteiger partial charge is 0.497 e. The van der Waals surface area contributed by atoms with E-state index in [2.05, 4.69) is 10.3 Å². The lowest BCUT2D eigenvalue weighted by Gasteiger charge is -2.45. The number of carbonyl (C=O) groups is 4. The molecule has 7 atom stereocenters. The van der Waals surface area contributed by atoms with Crippen LogP contribution in [0.3, 0.4) is 0 Å². The van der Waals surface area contributed by atoms with Crippen LogP contribution >= 0.6 is 0 Å². The van der Waals surface area contributed by atoms with E-state index in [9.17, 15) is 54.7 Å². The van der Waals surface area contributed by atoms with Gasteiger partial charge in [-0.15, -0.1) is 0 Å². The van der Waals surface area contributed by atoms with Crippen LogP contribution in [0.15, 0.2) is 36.5 Å². The number of ether oxygens (including phenoxy) is 2. The predicted octanol–water partition coefficient (Wildman–Crippen LogP) is 5.26. The Kier molecular flexibility index (Phi) is 11.7. The van der Waals surface area contributed by atoms with E-state index in [4.69, 9.17) is 9.47 Å². The average Bonchev–Trinajstić information content (AvgIpc) is 4.06. The third-order valence-corrected chi connectivity index (χ3v) is 14.4. The molecule has 3 heterocycles. The number of carbonyl (C=O) groups excluding carboxylic acids is 3. The molecule has 3 N–H and O–H groups in total. The Hall–Kier alpha value is -4.75. The van der Waals surface area contributed by atoms with Crippen LogP contribution in [0.25, 0.3) is 10.8 Å². The Labute approximate surface area is 337 Å². The number of nitrogens with one attached hydrogen (secondary N) is 2. The molecule has 3 fully saturated rings. The number of alkyl halides is 4. The third-order valence-electron chi connectivity index (χ3n) is 12.3. The van der Waals surface area contributed by atoms with Gasteiger partial charge in [-0.3, -0.25) is 24.0 Å². The zero-order valence-electron chi connectivity index (χ0n) is 33.1. The first-order valence-electron chi connectivity index (χ1n) is 19.3. The lowest BCUT2D eigenvalue weighted by Crippen LogP contribution is -2.66. The minimum absolute atomic E-state index is 0.0165. The van der Waals surface area contributed by atoms with Crippen LogP contribution in [0.1, 0.15) is 72.6 Å². The maximum Gasteiger partial charge on any atom is 0.411 e. The number of amides is 4. The minimum Gasteiger partial charge on any atom is -0.497 e. The van der Waals surface area contributed by atoms with Crippen molar-refractivity contribution in [2.45, 2.75) is 113 Å². The van der Waals surface area contributed by atoms with Gasteiger partial charge in [-0.2, -0.15) is 13.2 Å². The van der Waals surface area contributed by atoms with E-state index in [1.165, 1.54) is 32.2 Å². The summed E-state index contributed by atoms with van der Waals surface area (Å²) in [4.78, 5) is 61.3. The molecule has 4 amide bonds. The van der Waals surface area contributed by atoms with E-state index < -0.39 is 105 Å². The second-order valence-electron chi connectivity index (χ2n) is 16.8. The number of carboxylic acid groups (broad SMARTS) is 1. The Morgan fingerprint density at radius 3 is 2.44 bits per heavy atom. The highest BCUT2D eigenvalue weighted by atomic mass is 32.2. The van der Waals surface area contributed by atoms with Gasteiger partial charge in [0.2, 0.25) is 27.7 Å². The molecule has 0 unspecified atom stereocenters. The molecule has 59 heavy (non-hydrogen) atoms. The van der Waals surface area contributed by atoms with Crippen molar-refractivity contribution < 1.29 is 64.1 Å². The molecule has 1 aromatic carbocycles. The Morgan fingerprint density at radius 1 is 1.14 bits per heavy atom. The number of halogens is 5. The molecule has 1 saturated heterocycles. The maximum absolute atomic E-state index is 14.9. The van der Waals surface area contributed by atoms with Crippen molar-refractivity contribution in [3.8, 4) is 11.6 Å². The predicted molar refractivity (Wildman–Crippen MR) is 202 cm³/mol. The van der Waals surface area contributed by atoms with E-state index >= 15 is 0 Å². The zero-order chi connectivity index (χ0) is 43.5. The number of aromatic nitrogens is 1. The molecule has 2 saturated carbocycles. The summed E-state index contributed by atoms with van der Waals surface area (Å²) in [6, 6.07) is 0.804. The summed E-state index contributed by atoms with van der Waals surface area (Å²) in [5.74, 6) is -5.80. The number of hydrogen-bond acceptors (Lipinski definition) is 9. The van der Waals surface area contributed by atoms with Gasteiger partial charge in [0.05, 0.1) is 19.9 Å². The molecule has 4 aliphatic rings. The van der Waals surface area contributed by atoms with Gasteiger partial charge in [0.25, 0.3) is 5.91 Å². The highest BCUT2D eigenvalue weighted by Gasteiger charge is 2.64. The van der Waals surface area contributed by atoms with Crippen LogP contribution in [0.2, 0.25) is 0 Å². The monoisotopic (exact) mass is 857 g/mol. The van der Waals surface area contributed by atoms with E-state index in [0.29, 0.717) is 32.4 Å². The number of methoxy groups -OCH3 is 1. The number of sulfonamides is 1. The third kappa shape index (κ3) is 8.12. The van der Waals surface area contributed by atoms with Crippen molar-refractivity contribution >= 4 is 44.6 Å². The molecule has 1 aromatic heterocycles. The lowest BCUT2D eigenvalue weighted by molar-refractivity contribution is -0.222. The summed E-state index contributed by atoms with van der Waals surface area (Å²) in [6.45, 7) is 2.83. The van der Waals surface area contributed by atoms with Crippen molar-refractivity contribution in [1.29, 1.82) is 0 Å². The summed E-state index contributed by atoms with van der Waals surface area (Å²) in [6.07, 6.45) is -3.59. The Morgan fingerprint density at radius 2 is 1.83 bits per heavy atom. The van der Waals surface area contributed by atoms with Crippen molar-refractivity contribution in [3.05, 3.63) is 42.4 Å². The fourth-order valence-corrected chi connectivity index (χ4v) is 9.70. The summed E-state index contributed by atoms with van der Waals surface area (Å²) in [5.41, 5.74) is -4.97. The van der Waals surface area contributed by atoms with Crippen LogP contribution in [0, 0.1) is 23.6 Å². The molecule has 0 bridgehead atoms. The summed E-state index contributed by atoms with van der Waals surface area (Å²) < 4.78 is 111. The number of rotatable bonds is 9. The number of hydrogen-bond donors (Lipinski definition) is 3. The fraction of sp³-hybridized carbons (Fsp3) is 0.615. The molecule has 2 aliphatic carbocycles. The van der Waals surface area contributed by atoms with Crippen LogP contribution < -0.4 is 19.5 Å². The van der Waals surface area contributed by atoms with Crippen molar-refractivity contribution in [2.75, 3.05) is 20.3 Å². The topological polar surface area (TPSA) is 185 Å². The normalized spacial score (nSPS) is 28.7. The Balaban J connectivity index is 1.43. The van der Waals surface area contributed by atoms with Gasteiger partial charge in [-0.1, -0.05) is 26.0 Å². The van der Waals surface area contributed by atoms with Crippen LogP contribution in [-0.2, 0) is 24.4 Å². The molecular formula is C39H48F5N5O9S. The van der Waals surface area contributed by atoms with Crippen molar-refractivity contribution in [2.24, 2.45) is 17.8 Å². The zero-order valence-corrected chi connectivity index (χ0v) is 34.0. The van der Waals surface area contributed by atoms with Crippen LogP contribution in [0.4, 0.5) is 26.7 Å². The standard InChI is InChI=1S/C39H48F5N5O9S/c1-21-8-6-7-9-23-17-38(23,34(52)47-59(55,56)37(20-40)12-13-37)46-31(50)29-16-25(58-32-26-11-10-24(57-5)15-27(26)28(41)18-45-32)19-48(29)33(51)30(22(2)14-21)49(35(53)54)36(3,4)39(42,43)44/h7,9-11,15,18,21-23,25,29-30H,6,8,12-14,16-17,19-20H2,1-5H3,(H,46,50)(H,47,52)(H,53,54)/t21-,22-,23-,25-,29+,30+,38-/m1/s1. The first-order valence-corrected chi connectivity index (χ1v) is 20.8. The second-order valence-corrected chi connectivity index (χ2v) is 18.9. The molecule has 14 nitrogen and oxygen atoms in total. The van der Waals surface area contributed by atoms with E-state index in [1.54, 1.807) is 19.1 Å². The highest BCUT2D eigenvalue weighted by molar-refractivity contribution is 7.91. The van der Waals surface area contributed by atoms with Gasteiger partial charge >= 0.3 is 12.3 Å². The van der Waals surface area contributed by atoms with Gasteiger partial charge in [-0.25, -0.2) is 27.0 Å². The lowest BCUT2D eigenvalue weighted by atomic mass is 9.85. The SMILES string of the molecule is COc1ccc2c(O[C@@H]3C[C@H]4C(=O)N[C@]5(C(=O)NS(=O)(=O)C6(CF)CC6)C[C@H]5C=CCC[C@@H](C)C[C@@H](C)[C@H](N(C(=O)O)C(C)(C)C(F)(F)F)C(=O)N4C3)ncc(F)c2c1. The second kappa shape index (κ2) is 15.7. The van der Waals surface area contributed by atoms with E-state index in [-0.39, 0.29) is 59.6 Å². The molecule has 2 aromatic rings. The Bertz CT molecular complexity index is 2150. The summed E-state index contributed by atoms with van der Waals surface area (Å²) in [7, 11) is -3.15. The van der Waals surface area contributed by atoms with Gasteiger partial charge in [0.15, 0.2) is 0 Å². The minimum atomic E-state index is -5.15. The van der Waals surface area contributed by atoms with Gasteiger partial charge in [0, 0.05) is 23.1 Å². The maximum atomic E-state index is 14.9. The van der Waals surface area contributed by atoms with Crippen molar-refractivity contribution in [1.82, 2.24) is 24.8 Å². The number of allylic oxidation sites excluding steroid dienone is 1. The number of benzene rings is 1. The molecule has 20 heteroatoms. The molecule has 324 valence electrons. The van der Waals surface area contributed by atoms with Gasteiger partial charge in [-0.05, 0) is 82.4 Å². The van der Waals surface area contributed by atoms with Crippen LogP contribution in [-0.4, -0.2) is 113 Å². The molecule has 6 rings (SSSR count).